The Bertz CT molecular complexity index is 910. The quantitative estimate of drug-likeness (QED) is 0.841. The summed E-state index contributed by atoms with van der Waals surface area (Å²) in [6.45, 7) is 0.715. The molecule has 3 aliphatic rings. The molecule has 0 radical (unpaired) electrons. The number of fused-ring (bicyclic) bond motifs is 2. The van der Waals surface area contributed by atoms with Crippen molar-refractivity contribution in [3.63, 3.8) is 0 Å². The molecule has 2 fully saturated rings. The molecule has 2 amide bonds. The fraction of sp³-hybridized carbons (Fsp3) is 0.417. The lowest BCUT2D eigenvalue weighted by atomic mass is 9.85. The minimum absolute atomic E-state index is 0.00867. The molecule has 1 aliphatic carbocycles. The minimum Gasteiger partial charge on any atom is -0.325 e. The summed E-state index contributed by atoms with van der Waals surface area (Å²) in [5, 5.41) is 6.53. The van der Waals surface area contributed by atoms with Crippen LogP contribution in [0.25, 0.3) is 0 Å². The lowest BCUT2D eigenvalue weighted by molar-refractivity contribution is -0.117. The van der Waals surface area contributed by atoms with Crippen molar-refractivity contribution in [3.05, 3.63) is 59.7 Å². The van der Waals surface area contributed by atoms with Crippen molar-refractivity contribution in [2.75, 3.05) is 16.8 Å². The molecule has 5 nitrogen and oxygen atoms in total. The second-order valence-electron chi connectivity index (χ2n) is 8.51. The van der Waals surface area contributed by atoms with E-state index in [4.69, 9.17) is 0 Å². The highest BCUT2D eigenvalue weighted by molar-refractivity contribution is 6.07. The number of para-hydroxylation sites is 1. The number of benzene rings is 2. The van der Waals surface area contributed by atoms with Gasteiger partial charge < -0.3 is 15.5 Å². The Morgan fingerprint density at radius 3 is 2.62 bits per heavy atom. The van der Waals surface area contributed by atoms with Crippen LogP contribution in [0.1, 0.15) is 48.0 Å². The third-order valence-electron chi connectivity index (χ3n) is 6.71. The number of nitrogens with one attached hydrogen (secondary N) is 2. The topological polar surface area (TPSA) is 61.4 Å². The summed E-state index contributed by atoms with van der Waals surface area (Å²) in [7, 11) is 0. The van der Waals surface area contributed by atoms with E-state index in [0.29, 0.717) is 24.1 Å². The molecule has 2 aliphatic heterocycles. The maximum Gasteiger partial charge on any atom is 0.258 e. The molecule has 3 atom stereocenters. The van der Waals surface area contributed by atoms with E-state index in [-0.39, 0.29) is 17.9 Å². The van der Waals surface area contributed by atoms with Crippen LogP contribution in [0, 0.1) is 5.92 Å². The van der Waals surface area contributed by atoms with Crippen molar-refractivity contribution in [1.29, 1.82) is 0 Å². The van der Waals surface area contributed by atoms with Crippen molar-refractivity contribution in [1.82, 2.24) is 5.32 Å². The van der Waals surface area contributed by atoms with E-state index in [2.05, 4.69) is 16.7 Å². The van der Waals surface area contributed by atoms with Crippen LogP contribution in [0.5, 0.6) is 0 Å². The van der Waals surface area contributed by atoms with Crippen LogP contribution in [0.3, 0.4) is 0 Å². The molecule has 1 saturated carbocycles. The van der Waals surface area contributed by atoms with Crippen molar-refractivity contribution < 1.29 is 9.59 Å². The molecule has 3 unspecified atom stereocenters. The lowest BCUT2D eigenvalue weighted by Crippen LogP contribution is -2.39. The number of carbonyl (C=O) groups excluding carboxylic acids is 2. The van der Waals surface area contributed by atoms with Crippen LogP contribution < -0.4 is 15.5 Å². The molecular formula is C24H27N3O2. The molecule has 0 bridgehead atoms. The standard InChI is InChI=1S/C24H27N3O2/c28-23(21-15-18-6-1-3-7-20(18)26-21)25-19-11-9-17(10-12-19)24(29)27-14-13-16-5-2-4-8-22(16)27/h2,4-5,8-12,18,20-21,26H,1,3,6-7,13-15H2,(H,25,28). The molecule has 0 aromatic heterocycles. The molecular weight excluding hydrogens is 362 g/mol. The zero-order valence-electron chi connectivity index (χ0n) is 16.6. The zero-order valence-corrected chi connectivity index (χ0v) is 16.6. The van der Waals surface area contributed by atoms with E-state index >= 15 is 0 Å². The van der Waals surface area contributed by atoms with E-state index < -0.39 is 0 Å². The molecule has 5 heteroatoms. The summed E-state index contributed by atoms with van der Waals surface area (Å²) < 4.78 is 0. The van der Waals surface area contributed by atoms with Crippen molar-refractivity contribution >= 4 is 23.2 Å². The van der Waals surface area contributed by atoms with E-state index in [1.807, 2.05) is 35.2 Å². The molecule has 0 spiro atoms. The highest BCUT2D eigenvalue weighted by Crippen LogP contribution is 2.33. The first kappa shape index (κ1) is 18.4. The summed E-state index contributed by atoms with van der Waals surface area (Å²) in [4.78, 5) is 27.4. The Morgan fingerprint density at radius 1 is 1.00 bits per heavy atom. The van der Waals surface area contributed by atoms with Gasteiger partial charge in [-0.05, 0) is 67.5 Å². The second-order valence-corrected chi connectivity index (χ2v) is 8.51. The van der Waals surface area contributed by atoms with Crippen molar-refractivity contribution in [2.24, 2.45) is 5.92 Å². The van der Waals surface area contributed by atoms with Gasteiger partial charge in [-0.2, -0.15) is 0 Å². The van der Waals surface area contributed by atoms with E-state index in [0.717, 1.165) is 24.2 Å². The number of nitrogens with zero attached hydrogens (tertiary/aromatic N) is 1. The first-order valence-corrected chi connectivity index (χ1v) is 10.8. The number of rotatable bonds is 3. The van der Waals surface area contributed by atoms with E-state index in [9.17, 15) is 9.59 Å². The Hall–Kier alpha value is -2.66. The summed E-state index contributed by atoms with van der Waals surface area (Å²) in [5.74, 6) is 0.684. The number of amides is 2. The Kier molecular flexibility index (Phi) is 4.84. The third kappa shape index (κ3) is 3.55. The number of hydrogen-bond acceptors (Lipinski definition) is 3. The van der Waals surface area contributed by atoms with Gasteiger partial charge in [0.25, 0.3) is 5.91 Å². The molecule has 29 heavy (non-hydrogen) atoms. The van der Waals surface area contributed by atoms with Gasteiger partial charge in [0.2, 0.25) is 5.91 Å². The SMILES string of the molecule is O=C(Nc1ccc(C(=O)N2CCc3ccccc32)cc1)C1CC2CCCCC2N1. The van der Waals surface area contributed by atoms with Crippen LogP contribution in [0.2, 0.25) is 0 Å². The highest BCUT2D eigenvalue weighted by Gasteiger charge is 2.38. The molecule has 150 valence electrons. The smallest absolute Gasteiger partial charge is 0.258 e. The van der Waals surface area contributed by atoms with Crippen molar-refractivity contribution in [3.8, 4) is 0 Å². The summed E-state index contributed by atoms with van der Waals surface area (Å²) >= 11 is 0. The van der Waals surface area contributed by atoms with Gasteiger partial charge in [-0.25, -0.2) is 0 Å². The number of hydrogen-bond donors (Lipinski definition) is 2. The largest absolute Gasteiger partial charge is 0.325 e. The van der Waals surface area contributed by atoms with Crippen LogP contribution in [0.4, 0.5) is 11.4 Å². The number of carbonyl (C=O) groups is 2. The average Bonchev–Trinajstić information content (AvgIpc) is 3.38. The third-order valence-corrected chi connectivity index (χ3v) is 6.71. The molecule has 2 N–H and O–H groups in total. The predicted molar refractivity (Wildman–Crippen MR) is 114 cm³/mol. The fourth-order valence-electron chi connectivity index (χ4n) is 5.15. The highest BCUT2D eigenvalue weighted by atomic mass is 16.2. The molecule has 2 heterocycles. The lowest BCUT2D eigenvalue weighted by Gasteiger charge is -2.24. The Morgan fingerprint density at radius 2 is 1.79 bits per heavy atom. The number of anilines is 2. The Labute approximate surface area is 171 Å². The molecule has 5 rings (SSSR count). The zero-order chi connectivity index (χ0) is 19.8. The second kappa shape index (κ2) is 7.64. The fourth-order valence-corrected chi connectivity index (χ4v) is 5.15. The summed E-state index contributed by atoms with van der Waals surface area (Å²) in [6, 6.07) is 15.7. The maximum absolute atomic E-state index is 12.9. The van der Waals surface area contributed by atoms with Crippen LogP contribution in [-0.4, -0.2) is 30.4 Å². The van der Waals surface area contributed by atoms with Crippen LogP contribution in [0.15, 0.2) is 48.5 Å². The monoisotopic (exact) mass is 389 g/mol. The van der Waals surface area contributed by atoms with Gasteiger partial charge in [-0.3, -0.25) is 9.59 Å². The first-order chi connectivity index (χ1) is 14.2. The molecule has 1 saturated heterocycles. The van der Waals surface area contributed by atoms with Gasteiger partial charge in [-0.1, -0.05) is 31.0 Å². The average molecular weight is 389 g/mol. The van der Waals surface area contributed by atoms with Gasteiger partial charge in [0, 0.05) is 29.5 Å². The predicted octanol–water partition coefficient (Wildman–Crippen LogP) is 3.75. The van der Waals surface area contributed by atoms with Gasteiger partial charge in [0.1, 0.15) is 0 Å². The molecule has 2 aromatic rings. The van der Waals surface area contributed by atoms with E-state index in [1.54, 1.807) is 12.1 Å². The van der Waals surface area contributed by atoms with Gasteiger partial charge >= 0.3 is 0 Å². The normalized spacial score (nSPS) is 25.4. The van der Waals surface area contributed by atoms with Crippen molar-refractivity contribution in [2.45, 2.75) is 50.6 Å². The van der Waals surface area contributed by atoms with Gasteiger partial charge in [0.15, 0.2) is 0 Å². The minimum atomic E-state index is -0.106. The first-order valence-electron chi connectivity index (χ1n) is 10.8. The van der Waals surface area contributed by atoms with Gasteiger partial charge in [0.05, 0.1) is 6.04 Å². The van der Waals surface area contributed by atoms with Crippen LogP contribution >= 0.6 is 0 Å². The van der Waals surface area contributed by atoms with Gasteiger partial charge in [-0.15, -0.1) is 0 Å². The molecule has 2 aromatic carbocycles. The Balaban J connectivity index is 1.23. The maximum atomic E-state index is 12.9. The summed E-state index contributed by atoms with van der Waals surface area (Å²) in [6.07, 6.45) is 6.80. The van der Waals surface area contributed by atoms with E-state index in [1.165, 1.54) is 31.2 Å². The summed E-state index contributed by atoms with van der Waals surface area (Å²) in [5.41, 5.74) is 3.60. The van der Waals surface area contributed by atoms with Crippen LogP contribution in [-0.2, 0) is 11.2 Å².